The molecule has 0 aliphatic rings. The Morgan fingerprint density at radius 1 is 1.05 bits per heavy atom. The van der Waals surface area contributed by atoms with Gasteiger partial charge in [0.2, 0.25) is 0 Å². The minimum Gasteiger partial charge on any atom is -0.479 e. The van der Waals surface area contributed by atoms with Crippen molar-refractivity contribution in [2.75, 3.05) is 0 Å². The maximum absolute atomic E-state index is 12.1. The summed E-state index contributed by atoms with van der Waals surface area (Å²) in [6.07, 6.45) is 0. The van der Waals surface area contributed by atoms with Gasteiger partial charge in [-0.3, -0.25) is 4.79 Å². The number of carboxylic acids is 1. The fourth-order valence-electron chi connectivity index (χ4n) is 1.78. The second-order valence-electron chi connectivity index (χ2n) is 4.17. The van der Waals surface area contributed by atoms with Crippen LogP contribution in [0.5, 0.6) is 0 Å². The fraction of sp³-hybridized carbons (Fsp3) is 0.0667. The summed E-state index contributed by atoms with van der Waals surface area (Å²) in [5.41, 5.74) is 0.829. The molecule has 2 rings (SSSR count). The van der Waals surface area contributed by atoms with Gasteiger partial charge in [0.15, 0.2) is 6.04 Å². The van der Waals surface area contributed by atoms with Crippen LogP contribution in [0, 0.1) is 0 Å². The topological polar surface area (TPSA) is 66.4 Å². The number of amides is 1. The van der Waals surface area contributed by atoms with E-state index in [0.29, 0.717) is 16.1 Å². The van der Waals surface area contributed by atoms with E-state index in [1.807, 2.05) is 0 Å². The molecule has 2 aromatic rings. The van der Waals surface area contributed by atoms with Crippen molar-refractivity contribution < 1.29 is 14.7 Å². The SMILES string of the molecule is O=C(NC(C(=O)O)c1ccccc1)c1cccc(Cl)c1. The number of halogens is 1. The third kappa shape index (κ3) is 3.36. The van der Waals surface area contributed by atoms with Gasteiger partial charge in [0.1, 0.15) is 0 Å². The number of nitrogens with one attached hydrogen (secondary N) is 1. The largest absolute Gasteiger partial charge is 0.479 e. The van der Waals surface area contributed by atoms with Crippen LogP contribution in [0.1, 0.15) is 22.0 Å². The Labute approximate surface area is 121 Å². The molecule has 1 unspecified atom stereocenters. The van der Waals surface area contributed by atoms with Gasteiger partial charge < -0.3 is 10.4 Å². The predicted octanol–water partition coefficient (Wildman–Crippen LogP) is 2.90. The number of carboxylic acid groups (broad SMARTS) is 1. The number of rotatable bonds is 4. The Bertz CT molecular complexity index is 628. The molecule has 0 fully saturated rings. The van der Waals surface area contributed by atoms with Gasteiger partial charge >= 0.3 is 5.97 Å². The van der Waals surface area contributed by atoms with E-state index in [1.54, 1.807) is 48.5 Å². The second-order valence-corrected chi connectivity index (χ2v) is 4.60. The van der Waals surface area contributed by atoms with E-state index in [0.717, 1.165) is 0 Å². The normalized spacial score (nSPS) is 11.7. The summed E-state index contributed by atoms with van der Waals surface area (Å²) >= 11 is 5.81. The molecule has 2 N–H and O–H groups in total. The standard InChI is InChI=1S/C15H12ClNO3/c16-12-8-4-7-11(9-12)14(18)17-13(15(19)20)10-5-2-1-3-6-10/h1-9,13H,(H,17,18)(H,19,20). The summed E-state index contributed by atoms with van der Waals surface area (Å²) in [4.78, 5) is 23.3. The van der Waals surface area contributed by atoms with E-state index in [2.05, 4.69) is 5.32 Å². The van der Waals surface area contributed by atoms with Crippen LogP contribution < -0.4 is 5.32 Å². The molecule has 4 nitrogen and oxygen atoms in total. The van der Waals surface area contributed by atoms with E-state index >= 15 is 0 Å². The molecule has 1 atom stereocenters. The number of hydrogen-bond donors (Lipinski definition) is 2. The van der Waals surface area contributed by atoms with Gasteiger partial charge in [-0.15, -0.1) is 0 Å². The van der Waals surface area contributed by atoms with Crippen LogP contribution >= 0.6 is 11.6 Å². The summed E-state index contributed by atoms with van der Waals surface area (Å²) in [5.74, 6) is -1.60. The highest BCUT2D eigenvalue weighted by Gasteiger charge is 2.22. The molecule has 0 saturated carbocycles. The van der Waals surface area contributed by atoms with Crippen molar-refractivity contribution in [1.82, 2.24) is 5.32 Å². The third-order valence-electron chi connectivity index (χ3n) is 2.74. The number of carbonyl (C=O) groups is 2. The molecule has 0 heterocycles. The molecule has 0 aliphatic carbocycles. The zero-order valence-electron chi connectivity index (χ0n) is 10.4. The van der Waals surface area contributed by atoms with Crippen LogP contribution in [-0.2, 0) is 4.79 Å². The van der Waals surface area contributed by atoms with Crippen molar-refractivity contribution in [3.63, 3.8) is 0 Å². The van der Waals surface area contributed by atoms with E-state index in [-0.39, 0.29) is 0 Å². The zero-order valence-corrected chi connectivity index (χ0v) is 11.2. The van der Waals surface area contributed by atoms with E-state index < -0.39 is 17.9 Å². The van der Waals surface area contributed by atoms with Crippen molar-refractivity contribution in [2.45, 2.75) is 6.04 Å². The van der Waals surface area contributed by atoms with E-state index in [1.165, 1.54) is 6.07 Å². The van der Waals surface area contributed by atoms with Crippen LogP contribution in [0.2, 0.25) is 5.02 Å². The Balaban J connectivity index is 2.21. The lowest BCUT2D eigenvalue weighted by atomic mass is 10.1. The Morgan fingerprint density at radius 2 is 1.75 bits per heavy atom. The Kier molecular flexibility index (Phi) is 4.38. The van der Waals surface area contributed by atoms with E-state index in [9.17, 15) is 14.7 Å². The van der Waals surface area contributed by atoms with Crippen molar-refractivity contribution in [3.05, 3.63) is 70.7 Å². The smallest absolute Gasteiger partial charge is 0.330 e. The molecule has 1 amide bonds. The predicted molar refractivity (Wildman–Crippen MR) is 75.7 cm³/mol. The summed E-state index contributed by atoms with van der Waals surface area (Å²) < 4.78 is 0. The second kappa shape index (κ2) is 6.21. The number of carbonyl (C=O) groups excluding carboxylic acids is 1. The van der Waals surface area contributed by atoms with Crippen LogP contribution in [0.4, 0.5) is 0 Å². The van der Waals surface area contributed by atoms with Gasteiger partial charge in [0.25, 0.3) is 5.91 Å². The van der Waals surface area contributed by atoms with Gasteiger partial charge in [-0.25, -0.2) is 4.79 Å². The lowest BCUT2D eigenvalue weighted by molar-refractivity contribution is -0.139. The van der Waals surface area contributed by atoms with Gasteiger partial charge in [0, 0.05) is 10.6 Å². The Hall–Kier alpha value is -2.33. The molecule has 0 saturated heterocycles. The molecule has 0 aromatic heterocycles. The number of hydrogen-bond acceptors (Lipinski definition) is 2. The van der Waals surface area contributed by atoms with Crippen LogP contribution in [-0.4, -0.2) is 17.0 Å². The molecule has 0 spiro atoms. The summed E-state index contributed by atoms with van der Waals surface area (Å²) in [6, 6.07) is 13.8. The van der Waals surface area contributed by atoms with Crippen LogP contribution in [0.15, 0.2) is 54.6 Å². The van der Waals surface area contributed by atoms with Gasteiger partial charge in [0.05, 0.1) is 0 Å². The van der Waals surface area contributed by atoms with Gasteiger partial charge in [-0.2, -0.15) is 0 Å². The quantitative estimate of drug-likeness (QED) is 0.909. The first kappa shape index (κ1) is 14.1. The number of benzene rings is 2. The molecular formula is C15H12ClNO3. The minimum absolute atomic E-state index is 0.319. The van der Waals surface area contributed by atoms with Gasteiger partial charge in [-0.1, -0.05) is 48.0 Å². The molecular weight excluding hydrogens is 278 g/mol. The number of aliphatic carboxylic acids is 1. The average molecular weight is 290 g/mol. The molecule has 0 aliphatic heterocycles. The first-order valence-electron chi connectivity index (χ1n) is 5.92. The fourth-order valence-corrected chi connectivity index (χ4v) is 1.97. The first-order chi connectivity index (χ1) is 9.58. The lowest BCUT2D eigenvalue weighted by Gasteiger charge is -2.15. The maximum Gasteiger partial charge on any atom is 0.330 e. The highest BCUT2D eigenvalue weighted by atomic mass is 35.5. The lowest BCUT2D eigenvalue weighted by Crippen LogP contribution is -2.33. The Morgan fingerprint density at radius 3 is 2.35 bits per heavy atom. The minimum atomic E-state index is -1.12. The molecule has 102 valence electrons. The maximum atomic E-state index is 12.1. The van der Waals surface area contributed by atoms with Crippen molar-refractivity contribution in [3.8, 4) is 0 Å². The summed E-state index contributed by atoms with van der Waals surface area (Å²) in [5, 5.41) is 12.1. The van der Waals surface area contributed by atoms with Crippen LogP contribution in [0.3, 0.4) is 0 Å². The highest BCUT2D eigenvalue weighted by Crippen LogP contribution is 2.15. The molecule has 0 bridgehead atoms. The van der Waals surface area contributed by atoms with Crippen molar-refractivity contribution in [2.24, 2.45) is 0 Å². The van der Waals surface area contributed by atoms with E-state index in [4.69, 9.17) is 11.6 Å². The molecule has 2 aromatic carbocycles. The zero-order chi connectivity index (χ0) is 14.5. The van der Waals surface area contributed by atoms with Crippen molar-refractivity contribution >= 4 is 23.5 Å². The summed E-state index contributed by atoms with van der Waals surface area (Å²) in [7, 11) is 0. The molecule has 20 heavy (non-hydrogen) atoms. The monoisotopic (exact) mass is 289 g/mol. The molecule has 5 heteroatoms. The average Bonchev–Trinajstić information content (AvgIpc) is 2.45. The highest BCUT2D eigenvalue weighted by molar-refractivity contribution is 6.30. The van der Waals surface area contributed by atoms with Crippen LogP contribution in [0.25, 0.3) is 0 Å². The summed E-state index contributed by atoms with van der Waals surface area (Å²) in [6.45, 7) is 0. The third-order valence-corrected chi connectivity index (χ3v) is 2.98. The first-order valence-corrected chi connectivity index (χ1v) is 6.30. The van der Waals surface area contributed by atoms with Crippen molar-refractivity contribution in [1.29, 1.82) is 0 Å². The van der Waals surface area contributed by atoms with Gasteiger partial charge in [-0.05, 0) is 23.8 Å². The molecule has 0 radical (unpaired) electrons.